The van der Waals surface area contributed by atoms with E-state index in [9.17, 15) is 4.79 Å². The van der Waals surface area contributed by atoms with Gasteiger partial charge in [0.05, 0.1) is 12.3 Å². The number of nitrogens with one attached hydrogen (secondary N) is 3. The van der Waals surface area contributed by atoms with E-state index in [1.54, 1.807) is 0 Å². The summed E-state index contributed by atoms with van der Waals surface area (Å²) in [5.74, 6) is 0.536. The van der Waals surface area contributed by atoms with Gasteiger partial charge in [-0.1, -0.05) is 18.2 Å². The zero-order chi connectivity index (χ0) is 19.3. The van der Waals surface area contributed by atoms with Gasteiger partial charge in [-0.2, -0.15) is 0 Å². The summed E-state index contributed by atoms with van der Waals surface area (Å²) in [5.41, 5.74) is 2.36. The van der Waals surface area contributed by atoms with Crippen molar-refractivity contribution in [3.63, 3.8) is 0 Å². The first-order valence-corrected chi connectivity index (χ1v) is 9.28. The van der Waals surface area contributed by atoms with E-state index in [1.165, 1.54) is 0 Å². The minimum Gasteiger partial charge on any atom is -0.491 e. The third-order valence-corrected chi connectivity index (χ3v) is 4.21. The molecule has 0 bridgehead atoms. The molecule has 0 radical (unpaired) electrons. The van der Waals surface area contributed by atoms with Crippen molar-refractivity contribution in [3.8, 4) is 5.75 Å². The highest BCUT2D eigenvalue weighted by atomic mass is 35.5. The second kappa shape index (κ2) is 9.62. The Morgan fingerprint density at radius 2 is 1.86 bits per heavy atom. The molecule has 28 heavy (non-hydrogen) atoms. The smallest absolute Gasteiger partial charge is 0.256 e. The van der Waals surface area contributed by atoms with Gasteiger partial charge in [0.2, 0.25) is 0 Å². The molecule has 0 fully saturated rings. The summed E-state index contributed by atoms with van der Waals surface area (Å²) in [5, 5.41) is 7.32. The quantitative estimate of drug-likeness (QED) is 0.488. The summed E-state index contributed by atoms with van der Waals surface area (Å²) >= 11 is 0. The van der Waals surface area contributed by atoms with Crippen LogP contribution in [0.3, 0.4) is 0 Å². The number of carbonyl (C=O) groups is 1. The molecule has 6 heteroatoms. The van der Waals surface area contributed by atoms with E-state index in [2.05, 4.69) is 36.4 Å². The molecule has 0 aliphatic carbocycles. The Labute approximate surface area is 172 Å². The number of carbonyl (C=O) groups excluding carboxylic acids is 1. The molecule has 150 valence electrons. The molecule has 0 aliphatic rings. The fourth-order valence-electron chi connectivity index (χ4n) is 2.89. The van der Waals surface area contributed by atoms with Gasteiger partial charge >= 0.3 is 0 Å². The fraction of sp³-hybridized carbons (Fsp3) is 0.318. The molecule has 0 saturated heterocycles. The number of hydrogen-bond acceptors (Lipinski definition) is 3. The predicted octanol–water partition coefficient (Wildman–Crippen LogP) is 5.00. The van der Waals surface area contributed by atoms with Crippen molar-refractivity contribution in [3.05, 3.63) is 60.3 Å². The van der Waals surface area contributed by atoms with Crippen LogP contribution < -0.4 is 15.4 Å². The zero-order valence-electron chi connectivity index (χ0n) is 16.5. The molecule has 1 aromatic heterocycles. The maximum absolute atomic E-state index is 12.8. The lowest BCUT2D eigenvalue weighted by Crippen LogP contribution is -2.36. The first-order chi connectivity index (χ1) is 12.9. The highest BCUT2D eigenvalue weighted by Gasteiger charge is 2.13. The molecule has 5 nitrogen and oxygen atoms in total. The van der Waals surface area contributed by atoms with Gasteiger partial charge in [0.25, 0.3) is 5.91 Å². The number of rotatable bonds is 7. The Kier molecular flexibility index (Phi) is 7.49. The Morgan fingerprint density at radius 3 is 2.64 bits per heavy atom. The maximum Gasteiger partial charge on any atom is 0.256 e. The van der Waals surface area contributed by atoms with Crippen molar-refractivity contribution in [2.75, 3.05) is 18.5 Å². The van der Waals surface area contributed by atoms with Gasteiger partial charge in [-0.25, -0.2) is 0 Å². The third kappa shape index (κ3) is 5.75. The van der Waals surface area contributed by atoms with Gasteiger partial charge in [0.1, 0.15) is 5.75 Å². The van der Waals surface area contributed by atoms with Crippen molar-refractivity contribution >= 4 is 34.9 Å². The van der Waals surface area contributed by atoms with E-state index in [-0.39, 0.29) is 23.9 Å². The zero-order valence-corrected chi connectivity index (χ0v) is 17.4. The molecule has 1 amide bonds. The van der Waals surface area contributed by atoms with E-state index in [0.29, 0.717) is 23.6 Å². The van der Waals surface area contributed by atoms with Crippen molar-refractivity contribution < 1.29 is 9.53 Å². The summed E-state index contributed by atoms with van der Waals surface area (Å²) in [4.78, 5) is 15.9. The standard InChI is InChI=1S/C22H27N3O2.ClH/c1-22(2,3)24-13-7-15-27-20-11-5-4-9-19(20)25-21(26)17-8-6-10-18-16(17)12-14-23-18;/h4-6,8-12,14,23-24H,7,13,15H2,1-3H3,(H,25,26);1H. The molecule has 0 unspecified atom stereocenters. The van der Waals surface area contributed by atoms with Crippen LogP contribution >= 0.6 is 12.4 Å². The number of H-pyrrole nitrogens is 1. The summed E-state index contributed by atoms with van der Waals surface area (Å²) < 4.78 is 5.90. The average Bonchev–Trinajstić information content (AvgIpc) is 3.10. The lowest BCUT2D eigenvalue weighted by Gasteiger charge is -2.20. The lowest BCUT2D eigenvalue weighted by atomic mass is 10.1. The molecule has 1 heterocycles. The summed E-state index contributed by atoms with van der Waals surface area (Å²) in [6, 6.07) is 15.1. The average molecular weight is 402 g/mol. The number of halogens is 1. The Hall–Kier alpha value is -2.50. The predicted molar refractivity (Wildman–Crippen MR) is 118 cm³/mol. The van der Waals surface area contributed by atoms with Crippen LogP contribution in [-0.2, 0) is 0 Å². The number of aromatic nitrogens is 1. The van der Waals surface area contributed by atoms with Crippen LogP contribution in [0.5, 0.6) is 5.75 Å². The van der Waals surface area contributed by atoms with Gasteiger partial charge in [0, 0.05) is 28.2 Å². The van der Waals surface area contributed by atoms with Crippen LogP contribution in [0.4, 0.5) is 5.69 Å². The number of benzene rings is 2. The number of amides is 1. The second-order valence-electron chi connectivity index (χ2n) is 7.57. The van der Waals surface area contributed by atoms with Crippen LogP contribution in [0.2, 0.25) is 0 Å². The van der Waals surface area contributed by atoms with Gasteiger partial charge in [0.15, 0.2) is 0 Å². The molecule has 3 rings (SSSR count). The SMILES string of the molecule is CC(C)(C)NCCCOc1ccccc1NC(=O)c1cccc2[nH]ccc12.Cl. The summed E-state index contributed by atoms with van der Waals surface area (Å²) in [6.07, 6.45) is 2.73. The monoisotopic (exact) mass is 401 g/mol. The minimum absolute atomic E-state index is 0. The van der Waals surface area contributed by atoms with Crippen molar-refractivity contribution in [2.24, 2.45) is 0 Å². The molecule has 0 aliphatic heterocycles. The van der Waals surface area contributed by atoms with Crippen LogP contribution in [0, 0.1) is 0 Å². The van der Waals surface area contributed by atoms with E-state index in [0.717, 1.165) is 23.9 Å². The molecule has 0 atom stereocenters. The Bertz CT molecular complexity index is 915. The summed E-state index contributed by atoms with van der Waals surface area (Å²) in [6.45, 7) is 7.90. The molecule has 0 spiro atoms. The van der Waals surface area contributed by atoms with Gasteiger partial charge < -0.3 is 20.4 Å². The molecular formula is C22H28ClN3O2. The van der Waals surface area contributed by atoms with Crippen molar-refractivity contribution in [1.82, 2.24) is 10.3 Å². The molecule has 2 aromatic carbocycles. The van der Waals surface area contributed by atoms with E-state index >= 15 is 0 Å². The molecular weight excluding hydrogens is 374 g/mol. The van der Waals surface area contributed by atoms with E-state index in [1.807, 2.05) is 54.7 Å². The van der Waals surface area contributed by atoms with Crippen molar-refractivity contribution in [1.29, 1.82) is 0 Å². The Morgan fingerprint density at radius 1 is 1.07 bits per heavy atom. The van der Waals surface area contributed by atoms with E-state index in [4.69, 9.17) is 4.74 Å². The van der Waals surface area contributed by atoms with E-state index < -0.39 is 0 Å². The number of para-hydroxylation sites is 2. The largest absolute Gasteiger partial charge is 0.491 e. The van der Waals surface area contributed by atoms with Crippen molar-refractivity contribution in [2.45, 2.75) is 32.7 Å². The highest BCUT2D eigenvalue weighted by Crippen LogP contribution is 2.26. The summed E-state index contributed by atoms with van der Waals surface area (Å²) in [7, 11) is 0. The van der Waals surface area contributed by atoms with Gasteiger partial charge in [-0.3, -0.25) is 4.79 Å². The number of hydrogen-bond donors (Lipinski definition) is 3. The molecule has 3 N–H and O–H groups in total. The number of ether oxygens (including phenoxy) is 1. The third-order valence-electron chi connectivity index (χ3n) is 4.21. The molecule has 0 saturated carbocycles. The number of fused-ring (bicyclic) bond motifs is 1. The van der Waals surface area contributed by atoms with Crippen LogP contribution in [0.15, 0.2) is 54.7 Å². The maximum atomic E-state index is 12.8. The molecule has 3 aromatic rings. The van der Waals surface area contributed by atoms with Crippen LogP contribution in [0.1, 0.15) is 37.6 Å². The van der Waals surface area contributed by atoms with Crippen LogP contribution in [0.25, 0.3) is 10.9 Å². The number of anilines is 1. The minimum atomic E-state index is -0.148. The first-order valence-electron chi connectivity index (χ1n) is 9.28. The lowest BCUT2D eigenvalue weighted by molar-refractivity contribution is 0.102. The Balaban J connectivity index is 0.00000280. The van der Waals surface area contributed by atoms with Gasteiger partial charge in [-0.15, -0.1) is 12.4 Å². The first kappa shape index (κ1) is 21.8. The van der Waals surface area contributed by atoms with Gasteiger partial charge in [-0.05, 0) is 64.1 Å². The fourth-order valence-corrected chi connectivity index (χ4v) is 2.89. The normalized spacial score (nSPS) is 11.1. The highest BCUT2D eigenvalue weighted by molar-refractivity contribution is 6.12. The topological polar surface area (TPSA) is 66.2 Å². The number of aromatic amines is 1. The second-order valence-corrected chi connectivity index (χ2v) is 7.57. The van der Waals surface area contributed by atoms with Crippen LogP contribution in [-0.4, -0.2) is 29.6 Å².